The molecule has 0 saturated heterocycles. The van der Waals surface area contributed by atoms with Crippen LogP contribution in [0.3, 0.4) is 0 Å². The SMILES string of the molecule is C/C(=C\CC[C@H](C=O)[C@@H]1[C@H](O)C[C@]2(C)C3=C(CC[C@@]12C)[C@@]1(C)CC[C@@H](O)C(C)(C)[C@H]1CC3)C(=O)O. The maximum atomic E-state index is 12.3. The molecule has 0 bridgehead atoms. The summed E-state index contributed by atoms with van der Waals surface area (Å²) < 4.78 is 0. The van der Waals surface area contributed by atoms with Gasteiger partial charge < -0.3 is 20.1 Å². The molecule has 5 nitrogen and oxygen atoms in total. The van der Waals surface area contributed by atoms with Crippen LogP contribution in [-0.4, -0.2) is 39.8 Å². The van der Waals surface area contributed by atoms with Crippen LogP contribution in [0.5, 0.6) is 0 Å². The van der Waals surface area contributed by atoms with E-state index < -0.39 is 12.1 Å². The largest absolute Gasteiger partial charge is 0.478 e. The Kier molecular flexibility index (Phi) is 6.71. The normalized spacial score (nSPS) is 43.7. The number of aldehydes is 1. The van der Waals surface area contributed by atoms with Crippen LogP contribution in [-0.2, 0) is 9.59 Å². The number of hydrogen-bond acceptors (Lipinski definition) is 4. The van der Waals surface area contributed by atoms with Gasteiger partial charge in [0.15, 0.2) is 0 Å². The van der Waals surface area contributed by atoms with E-state index >= 15 is 0 Å². The lowest BCUT2D eigenvalue weighted by Crippen LogP contribution is -2.55. The van der Waals surface area contributed by atoms with Crippen molar-refractivity contribution >= 4 is 12.3 Å². The average molecular weight is 487 g/mol. The Morgan fingerprint density at radius 3 is 2.37 bits per heavy atom. The molecule has 4 aliphatic rings. The van der Waals surface area contributed by atoms with Crippen LogP contribution in [0.1, 0.15) is 99.3 Å². The number of carbonyl (C=O) groups is 2. The number of aliphatic hydroxyl groups is 2. The van der Waals surface area contributed by atoms with E-state index in [0.29, 0.717) is 30.8 Å². The summed E-state index contributed by atoms with van der Waals surface area (Å²) >= 11 is 0. The highest BCUT2D eigenvalue weighted by Crippen LogP contribution is 2.72. The molecule has 2 saturated carbocycles. The summed E-state index contributed by atoms with van der Waals surface area (Å²) in [5.74, 6) is -0.873. The number of aliphatic carboxylic acids is 1. The van der Waals surface area contributed by atoms with Gasteiger partial charge in [0.1, 0.15) is 6.29 Å². The Morgan fingerprint density at radius 2 is 1.74 bits per heavy atom. The van der Waals surface area contributed by atoms with E-state index in [-0.39, 0.29) is 39.6 Å². The van der Waals surface area contributed by atoms with Crippen LogP contribution < -0.4 is 0 Å². The highest BCUT2D eigenvalue weighted by molar-refractivity contribution is 5.85. The Bertz CT molecular complexity index is 946. The van der Waals surface area contributed by atoms with Gasteiger partial charge in [-0.1, -0.05) is 51.8 Å². The standard InChI is InChI=1S/C30H46O5/c1-18(26(34)35)8-7-9-19(17-31)25-22(32)16-30(6)21-10-11-23-27(2,3)24(33)13-14-28(23,4)20(21)12-15-29(25,30)5/h8,17,19,22-25,32-33H,7,9-16H2,1-6H3,(H,34,35)/b18-8+/t19-,22-,23-,24-,25-,28-,29+,30-/m1/s1. The molecule has 0 aromatic carbocycles. The minimum absolute atomic E-state index is 0.0902. The number of allylic oxidation sites excluding steroid dienone is 3. The van der Waals surface area contributed by atoms with Crippen LogP contribution >= 0.6 is 0 Å². The fourth-order valence-electron chi connectivity index (χ4n) is 9.45. The van der Waals surface area contributed by atoms with Crippen molar-refractivity contribution in [3.05, 3.63) is 22.8 Å². The predicted octanol–water partition coefficient (Wildman–Crippen LogP) is 5.69. The maximum Gasteiger partial charge on any atom is 0.330 e. The first-order chi connectivity index (χ1) is 16.2. The first-order valence-corrected chi connectivity index (χ1v) is 13.7. The van der Waals surface area contributed by atoms with Crippen molar-refractivity contribution in [1.82, 2.24) is 0 Å². The van der Waals surface area contributed by atoms with Gasteiger partial charge in [-0.15, -0.1) is 0 Å². The van der Waals surface area contributed by atoms with E-state index in [9.17, 15) is 19.8 Å². The molecule has 4 aliphatic carbocycles. The van der Waals surface area contributed by atoms with Crippen molar-refractivity contribution in [2.45, 2.75) is 112 Å². The highest BCUT2D eigenvalue weighted by Gasteiger charge is 2.66. The summed E-state index contributed by atoms with van der Waals surface area (Å²) in [6.07, 6.45) is 9.63. The van der Waals surface area contributed by atoms with Gasteiger partial charge in [-0.05, 0) is 92.3 Å². The molecule has 0 heterocycles. The summed E-state index contributed by atoms with van der Waals surface area (Å²) in [7, 11) is 0. The molecular weight excluding hydrogens is 440 g/mol. The molecule has 0 radical (unpaired) electrons. The third kappa shape index (κ3) is 3.79. The number of carbonyl (C=O) groups excluding carboxylic acids is 1. The number of carboxylic acids is 1. The van der Waals surface area contributed by atoms with Gasteiger partial charge >= 0.3 is 5.97 Å². The molecule has 0 unspecified atom stereocenters. The monoisotopic (exact) mass is 486 g/mol. The average Bonchev–Trinajstić information content (AvgIpc) is 2.99. The smallest absolute Gasteiger partial charge is 0.330 e. The molecule has 196 valence electrons. The lowest BCUT2D eigenvalue weighted by Gasteiger charge is -2.62. The van der Waals surface area contributed by atoms with Crippen molar-refractivity contribution in [1.29, 1.82) is 0 Å². The zero-order chi connectivity index (χ0) is 26.0. The summed E-state index contributed by atoms with van der Waals surface area (Å²) in [5, 5.41) is 31.4. The number of hydrogen-bond donors (Lipinski definition) is 3. The Morgan fingerprint density at radius 1 is 1.06 bits per heavy atom. The van der Waals surface area contributed by atoms with Crippen molar-refractivity contribution in [2.75, 3.05) is 0 Å². The number of aliphatic hydroxyl groups excluding tert-OH is 2. The lowest BCUT2D eigenvalue weighted by molar-refractivity contribution is -0.132. The van der Waals surface area contributed by atoms with Gasteiger partial charge in [-0.25, -0.2) is 4.79 Å². The summed E-state index contributed by atoms with van der Waals surface area (Å²) in [4.78, 5) is 23.5. The Balaban J connectivity index is 1.67. The molecule has 2 fully saturated rings. The minimum atomic E-state index is -0.928. The van der Waals surface area contributed by atoms with Crippen LogP contribution in [0, 0.1) is 39.4 Å². The van der Waals surface area contributed by atoms with E-state index in [0.717, 1.165) is 44.8 Å². The molecular formula is C30H46O5. The number of carboxylic acid groups (broad SMARTS) is 1. The Hall–Kier alpha value is -1.46. The zero-order valence-electron chi connectivity index (χ0n) is 22.6. The second kappa shape index (κ2) is 8.83. The van der Waals surface area contributed by atoms with Crippen LogP contribution in [0.15, 0.2) is 22.8 Å². The molecule has 0 aliphatic heterocycles. The third-order valence-electron chi connectivity index (χ3n) is 11.7. The van der Waals surface area contributed by atoms with Crippen LogP contribution in [0.25, 0.3) is 0 Å². The predicted molar refractivity (Wildman–Crippen MR) is 137 cm³/mol. The topological polar surface area (TPSA) is 94.8 Å². The zero-order valence-corrected chi connectivity index (χ0v) is 22.6. The van der Waals surface area contributed by atoms with Gasteiger partial charge in [0.25, 0.3) is 0 Å². The number of fused-ring (bicyclic) bond motifs is 4. The first kappa shape index (κ1) is 26.6. The van der Waals surface area contributed by atoms with Crippen LogP contribution in [0.4, 0.5) is 0 Å². The van der Waals surface area contributed by atoms with E-state index in [4.69, 9.17) is 5.11 Å². The van der Waals surface area contributed by atoms with Gasteiger partial charge in [0.05, 0.1) is 12.2 Å². The molecule has 35 heavy (non-hydrogen) atoms. The van der Waals surface area contributed by atoms with Crippen molar-refractivity contribution in [2.24, 2.45) is 39.4 Å². The van der Waals surface area contributed by atoms with Crippen LogP contribution in [0.2, 0.25) is 0 Å². The molecule has 0 spiro atoms. The summed E-state index contributed by atoms with van der Waals surface area (Å²) in [5.41, 5.74) is 3.09. The van der Waals surface area contributed by atoms with E-state index in [1.807, 2.05) is 0 Å². The minimum Gasteiger partial charge on any atom is -0.478 e. The van der Waals surface area contributed by atoms with E-state index in [2.05, 4.69) is 34.6 Å². The van der Waals surface area contributed by atoms with Gasteiger partial charge in [0, 0.05) is 17.4 Å². The van der Waals surface area contributed by atoms with E-state index in [1.165, 1.54) is 5.57 Å². The Labute approximate surface area is 211 Å². The van der Waals surface area contributed by atoms with Crippen molar-refractivity contribution in [3.63, 3.8) is 0 Å². The maximum absolute atomic E-state index is 12.3. The van der Waals surface area contributed by atoms with Crippen molar-refractivity contribution < 1.29 is 24.9 Å². The molecule has 0 aromatic rings. The molecule has 0 amide bonds. The van der Waals surface area contributed by atoms with Crippen molar-refractivity contribution in [3.8, 4) is 0 Å². The fraction of sp³-hybridized carbons (Fsp3) is 0.800. The second-order valence-corrected chi connectivity index (χ2v) is 13.5. The summed E-state index contributed by atoms with van der Waals surface area (Å²) in [6, 6.07) is 0. The lowest BCUT2D eigenvalue weighted by atomic mass is 9.43. The third-order valence-corrected chi connectivity index (χ3v) is 11.7. The number of rotatable bonds is 6. The van der Waals surface area contributed by atoms with Gasteiger partial charge in [-0.2, -0.15) is 0 Å². The first-order valence-electron chi connectivity index (χ1n) is 13.7. The fourth-order valence-corrected chi connectivity index (χ4v) is 9.45. The highest BCUT2D eigenvalue weighted by atomic mass is 16.4. The molecule has 3 N–H and O–H groups in total. The summed E-state index contributed by atoms with van der Waals surface area (Å²) in [6.45, 7) is 13.1. The molecule has 5 heteroatoms. The molecule has 8 atom stereocenters. The van der Waals surface area contributed by atoms with Gasteiger partial charge in [0.2, 0.25) is 0 Å². The molecule has 4 rings (SSSR count). The molecule has 0 aromatic heterocycles. The second-order valence-electron chi connectivity index (χ2n) is 13.5. The van der Waals surface area contributed by atoms with E-state index in [1.54, 1.807) is 18.6 Å². The van der Waals surface area contributed by atoms with Gasteiger partial charge in [-0.3, -0.25) is 0 Å². The quantitative estimate of drug-likeness (QED) is 0.255.